The molecule has 2 heterocycles. The average Bonchev–Trinajstić information content (AvgIpc) is 2.82. The molecular formula is C26H33N3O4. The number of likely N-dealkylation sites (tertiary alicyclic amines) is 1. The number of carbonyl (C=O) groups excluding carboxylic acids is 3. The lowest BCUT2D eigenvalue weighted by atomic mass is 9.94. The number of carbonyl (C=O) groups is 3. The van der Waals surface area contributed by atoms with Crippen LogP contribution >= 0.6 is 0 Å². The molecule has 0 aliphatic carbocycles. The summed E-state index contributed by atoms with van der Waals surface area (Å²) in [7, 11) is 0. The van der Waals surface area contributed by atoms with Gasteiger partial charge in [-0.05, 0) is 50.5 Å². The Labute approximate surface area is 195 Å². The first kappa shape index (κ1) is 23.1. The molecule has 0 N–H and O–H groups in total. The van der Waals surface area contributed by atoms with Crippen molar-refractivity contribution in [3.05, 3.63) is 48.0 Å². The van der Waals surface area contributed by atoms with E-state index in [1.54, 1.807) is 4.90 Å². The number of piperidine rings is 1. The fourth-order valence-electron chi connectivity index (χ4n) is 4.61. The summed E-state index contributed by atoms with van der Waals surface area (Å²) in [4.78, 5) is 43.9. The van der Waals surface area contributed by atoms with Gasteiger partial charge in [-0.1, -0.05) is 36.4 Å². The van der Waals surface area contributed by atoms with E-state index in [-0.39, 0.29) is 23.8 Å². The van der Waals surface area contributed by atoms with E-state index in [1.165, 1.54) is 0 Å². The maximum absolute atomic E-state index is 13.2. The highest BCUT2D eigenvalue weighted by Crippen LogP contribution is 2.25. The zero-order valence-electron chi connectivity index (χ0n) is 19.8. The van der Waals surface area contributed by atoms with Crippen molar-refractivity contribution >= 4 is 28.7 Å². The molecular weight excluding hydrogens is 418 g/mol. The van der Waals surface area contributed by atoms with Gasteiger partial charge in [-0.3, -0.25) is 9.59 Å². The van der Waals surface area contributed by atoms with E-state index >= 15 is 0 Å². The number of benzene rings is 2. The monoisotopic (exact) mass is 451 g/mol. The minimum Gasteiger partial charge on any atom is -0.444 e. The van der Waals surface area contributed by atoms with E-state index in [4.69, 9.17) is 4.74 Å². The van der Waals surface area contributed by atoms with Crippen LogP contribution in [0.2, 0.25) is 0 Å². The van der Waals surface area contributed by atoms with Crippen molar-refractivity contribution < 1.29 is 19.1 Å². The molecule has 2 aromatic rings. The summed E-state index contributed by atoms with van der Waals surface area (Å²) >= 11 is 0. The second-order valence-electron chi connectivity index (χ2n) is 9.89. The molecule has 0 bridgehead atoms. The third-order valence-corrected chi connectivity index (χ3v) is 6.39. The van der Waals surface area contributed by atoms with Gasteiger partial charge in [0.2, 0.25) is 5.91 Å². The number of nitrogens with zero attached hydrogens (tertiary/aromatic N) is 3. The first-order valence-electron chi connectivity index (χ1n) is 11.8. The van der Waals surface area contributed by atoms with Gasteiger partial charge in [0.15, 0.2) is 0 Å². The van der Waals surface area contributed by atoms with Crippen LogP contribution in [0, 0.1) is 5.92 Å². The summed E-state index contributed by atoms with van der Waals surface area (Å²) in [6, 6.07) is 13.7. The van der Waals surface area contributed by atoms with Gasteiger partial charge in [-0.2, -0.15) is 0 Å². The highest BCUT2D eigenvalue weighted by molar-refractivity contribution is 6.07. The van der Waals surface area contributed by atoms with Crippen molar-refractivity contribution in [3.8, 4) is 0 Å². The number of hydrogen-bond acceptors (Lipinski definition) is 4. The van der Waals surface area contributed by atoms with Crippen molar-refractivity contribution in [3.63, 3.8) is 0 Å². The molecule has 0 spiro atoms. The van der Waals surface area contributed by atoms with Crippen molar-refractivity contribution in [1.82, 2.24) is 14.7 Å². The maximum Gasteiger partial charge on any atom is 0.410 e. The highest BCUT2D eigenvalue weighted by atomic mass is 16.6. The molecule has 2 aliphatic rings. The number of piperazine rings is 1. The lowest BCUT2D eigenvalue weighted by Crippen LogP contribution is -2.53. The zero-order valence-corrected chi connectivity index (χ0v) is 19.8. The Morgan fingerprint density at radius 1 is 0.788 bits per heavy atom. The fourth-order valence-corrected chi connectivity index (χ4v) is 4.61. The number of hydrogen-bond donors (Lipinski definition) is 0. The van der Waals surface area contributed by atoms with Crippen LogP contribution < -0.4 is 0 Å². The van der Waals surface area contributed by atoms with Crippen LogP contribution in [-0.2, 0) is 9.53 Å². The molecule has 2 aromatic carbocycles. The predicted octanol–water partition coefficient (Wildman–Crippen LogP) is 3.77. The third-order valence-electron chi connectivity index (χ3n) is 6.39. The number of fused-ring (bicyclic) bond motifs is 1. The van der Waals surface area contributed by atoms with Crippen LogP contribution in [0.15, 0.2) is 42.5 Å². The van der Waals surface area contributed by atoms with Gasteiger partial charge in [0.25, 0.3) is 5.91 Å². The largest absolute Gasteiger partial charge is 0.444 e. The van der Waals surface area contributed by atoms with Crippen LogP contribution in [0.1, 0.15) is 44.0 Å². The van der Waals surface area contributed by atoms with E-state index in [0.717, 1.165) is 16.3 Å². The van der Waals surface area contributed by atoms with Crippen LogP contribution in [0.5, 0.6) is 0 Å². The minimum absolute atomic E-state index is 0.0312. The van der Waals surface area contributed by atoms with E-state index in [9.17, 15) is 14.4 Å². The first-order valence-corrected chi connectivity index (χ1v) is 11.8. The third kappa shape index (κ3) is 5.29. The Morgan fingerprint density at radius 3 is 2.06 bits per heavy atom. The van der Waals surface area contributed by atoms with E-state index in [1.807, 2.05) is 73.0 Å². The Bertz CT molecular complexity index is 1020. The van der Waals surface area contributed by atoms with Crippen LogP contribution in [-0.4, -0.2) is 77.5 Å². The average molecular weight is 452 g/mol. The van der Waals surface area contributed by atoms with E-state index in [0.29, 0.717) is 52.1 Å². The second kappa shape index (κ2) is 9.41. The highest BCUT2D eigenvalue weighted by Gasteiger charge is 2.33. The predicted molar refractivity (Wildman–Crippen MR) is 127 cm³/mol. The van der Waals surface area contributed by atoms with E-state index < -0.39 is 5.60 Å². The lowest BCUT2D eigenvalue weighted by molar-refractivity contribution is -0.138. The SMILES string of the molecule is CC(C)(C)OC(=O)N1CCN(C(=O)C2CCN(C(=O)c3cccc4ccccc34)CC2)CC1. The Kier molecular flexibility index (Phi) is 6.58. The molecule has 7 nitrogen and oxygen atoms in total. The molecule has 0 saturated carbocycles. The smallest absolute Gasteiger partial charge is 0.410 e. The van der Waals surface area contributed by atoms with E-state index in [2.05, 4.69) is 0 Å². The molecule has 7 heteroatoms. The van der Waals surface area contributed by atoms with Crippen molar-refractivity contribution in [2.24, 2.45) is 5.92 Å². The standard InChI is InChI=1S/C26H33N3O4/c1-26(2,3)33-25(32)29-17-15-28(16-18-29)23(30)20-11-13-27(14-12-20)24(31)22-10-6-8-19-7-4-5-9-21(19)22/h4-10,20H,11-18H2,1-3H3. The van der Waals surface area contributed by atoms with Crippen LogP contribution in [0.4, 0.5) is 4.79 Å². The molecule has 0 radical (unpaired) electrons. The number of rotatable bonds is 2. The molecule has 0 unspecified atom stereocenters. The summed E-state index contributed by atoms with van der Waals surface area (Å²) in [6.07, 6.45) is 1.01. The van der Waals surface area contributed by atoms with Gasteiger partial charge in [-0.15, -0.1) is 0 Å². The first-order chi connectivity index (χ1) is 15.7. The summed E-state index contributed by atoms with van der Waals surface area (Å²) in [5, 5.41) is 2.02. The molecule has 2 saturated heterocycles. The number of ether oxygens (including phenoxy) is 1. The van der Waals surface area contributed by atoms with Gasteiger partial charge >= 0.3 is 6.09 Å². The molecule has 0 aromatic heterocycles. The molecule has 2 fully saturated rings. The summed E-state index contributed by atoms with van der Waals surface area (Å²) < 4.78 is 5.43. The summed E-state index contributed by atoms with van der Waals surface area (Å²) in [6.45, 7) is 8.72. The minimum atomic E-state index is -0.526. The Hall–Kier alpha value is -3.09. The molecule has 2 aliphatic heterocycles. The number of amides is 3. The van der Waals surface area contributed by atoms with Gasteiger partial charge < -0.3 is 19.4 Å². The van der Waals surface area contributed by atoms with Gasteiger partial charge in [-0.25, -0.2) is 4.79 Å². The second-order valence-corrected chi connectivity index (χ2v) is 9.89. The van der Waals surface area contributed by atoms with Gasteiger partial charge in [0, 0.05) is 50.7 Å². The van der Waals surface area contributed by atoms with Crippen LogP contribution in [0.3, 0.4) is 0 Å². The van der Waals surface area contributed by atoms with Crippen molar-refractivity contribution in [2.75, 3.05) is 39.3 Å². The van der Waals surface area contributed by atoms with Gasteiger partial charge in [0.1, 0.15) is 5.60 Å². The Morgan fingerprint density at radius 2 is 1.39 bits per heavy atom. The fraction of sp³-hybridized carbons (Fsp3) is 0.500. The van der Waals surface area contributed by atoms with Crippen LogP contribution in [0.25, 0.3) is 10.8 Å². The lowest BCUT2D eigenvalue weighted by Gasteiger charge is -2.38. The normalized spacial score (nSPS) is 17.8. The zero-order chi connectivity index (χ0) is 23.6. The maximum atomic E-state index is 13.2. The van der Waals surface area contributed by atoms with Gasteiger partial charge in [0.05, 0.1) is 0 Å². The molecule has 33 heavy (non-hydrogen) atoms. The molecule has 4 rings (SSSR count). The van der Waals surface area contributed by atoms with Crippen molar-refractivity contribution in [2.45, 2.75) is 39.2 Å². The quantitative estimate of drug-likeness (QED) is 0.697. The summed E-state index contributed by atoms with van der Waals surface area (Å²) in [5.41, 5.74) is 0.192. The van der Waals surface area contributed by atoms with Crippen molar-refractivity contribution in [1.29, 1.82) is 0 Å². The summed E-state index contributed by atoms with van der Waals surface area (Å²) in [5.74, 6) is 0.0921. The molecule has 3 amide bonds. The molecule has 176 valence electrons. The molecule has 0 atom stereocenters. The topological polar surface area (TPSA) is 70.2 Å². The Balaban J connectivity index is 1.30.